The minimum atomic E-state index is -0.642. The van der Waals surface area contributed by atoms with E-state index < -0.39 is 5.91 Å². The fourth-order valence-electron chi connectivity index (χ4n) is 3.36. The molecule has 0 radical (unpaired) electrons. The van der Waals surface area contributed by atoms with Crippen molar-refractivity contribution in [2.45, 2.75) is 6.54 Å². The summed E-state index contributed by atoms with van der Waals surface area (Å²) in [6.45, 7) is 3.04. The summed E-state index contributed by atoms with van der Waals surface area (Å²) < 4.78 is 10.6. The second-order valence-electron chi connectivity index (χ2n) is 7.12. The summed E-state index contributed by atoms with van der Waals surface area (Å²) in [5.74, 6) is -0.361. The standard InChI is InChI=1S/C22H23ClN4O4/c1-30-19-11-17(10-18(23)21(19)31-14-20(25)28)22(29)27-8-6-26(7-9-27)13-16-4-2-15(12-24)3-5-16/h2-5,10-11H,6-9,13-14H2,1H3,(H2,25,28). The summed E-state index contributed by atoms with van der Waals surface area (Å²) >= 11 is 6.26. The van der Waals surface area contributed by atoms with Gasteiger partial charge in [-0.3, -0.25) is 14.5 Å². The van der Waals surface area contributed by atoms with E-state index in [9.17, 15) is 9.59 Å². The van der Waals surface area contributed by atoms with Crippen LogP contribution in [-0.4, -0.2) is 61.5 Å². The minimum Gasteiger partial charge on any atom is -0.493 e. The summed E-state index contributed by atoms with van der Waals surface area (Å²) in [5.41, 5.74) is 7.25. The Morgan fingerprint density at radius 3 is 2.42 bits per heavy atom. The number of ether oxygens (including phenoxy) is 2. The van der Waals surface area contributed by atoms with Gasteiger partial charge in [0.05, 0.1) is 23.8 Å². The Bertz CT molecular complexity index is 996. The average Bonchev–Trinajstić information content (AvgIpc) is 2.78. The van der Waals surface area contributed by atoms with E-state index in [0.717, 1.165) is 25.2 Å². The van der Waals surface area contributed by atoms with Crippen molar-refractivity contribution >= 4 is 23.4 Å². The molecule has 2 aromatic carbocycles. The number of hydrogen-bond acceptors (Lipinski definition) is 6. The van der Waals surface area contributed by atoms with Crippen LogP contribution in [0.25, 0.3) is 0 Å². The Hall–Kier alpha value is -3.28. The average molecular weight is 443 g/mol. The molecule has 0 spiro atoms. The highest BCUT2D eigenvalue weighted by molar-refractivity contribution is 6.32. The summed E-state index contributed by atoms with van der Waals surface area (Å²) in [7, 11) is 1.43. The molecular formula is C22H23ClN4O4. The number of primary amides is 1. The molecule has 2 N–H and O–H groups in total. The molecule has 1 heterocycles. The normalized spacial score (nSPS) is 14.0. The number of nitrogens with two attached hydrogens (primary N) is 1. The van der Waals surface area contributed by atoms with Gasteiger partial charge in [-0.2, -0.15) is 5.26 Å². The lowest BCUT2D eigenvalue weighted by Gasteiger charge is -2.35. The van der Waals surface area contributed by atoms with Crippen LogP contribution in [0.2, 0.25) is 5.02 Å². The van der Waals surface area contributed by atoms with Crippen LogP contribution in [0.5, 0.6) is 11.5 Å². The number of piperazine rings is 1. The molecule has 1 saturated heterocycles. The number of carbonyl (C=O) groups is 2. The third kappa shape index (κ3) is 5.66. The van der Waals surface area contributed by atoms with Crippen LogP contribution in [0, 0.1) is 11.3 Å². The number of amides is 2. The molecule has 1 fully saturated rings. The summed E-state index contributed by atoms with van der Waals surface area (Å²) in [4.78, 5) is 28.0. The molecule has 31 heavy (non-hydrogen) atoms. The predicted molar refractivity (Wildman–Crippen MR) is 115 cm³/mol. The second kappa shape index (κ2) is 10.2. The zero-order valence-corrected chi connectivity index (χ0v) is 17.9. The number of benzene rings is 2. The second-order valence-corrected chi connectivity index (χ2v) is 7.53. The highest BCUT2D eigenvalue weighted by atomic mass is 35.5. The first kappa shape index (κ1) is 22.4. The van der Waals surface area contributed by atoms with Crippen molar-refractivity contribution in [2.24, 2.45) is 5.73 Å². The lowest BCUT2D eigenvalue weighted by Crippen LogP contribution is -2.48. The molecule has 1 aliphatic heterocycles. The van der Waals surface area contributed by atoms with Gasteiger partial charge in [0.1, 0.15) is 0 Å². The SMILES string of the molecule is COc1cc(C(=O)N2CCN(Cc3ccc(C#N)cc3)CC2)cc(Cl)c1OCC(N)=O. The van der Waals surface area contributed by atoms with Gasteiger partial charge in [-0.05, 0) is 29.8 Å². The molecule has 9 heteroatoms. The van der Waals surface area contributed by atoms with E-state index in [1.165, 1.54) is 13.2 Å². The van der Waals surface area contributed by atoms with Gasteiger partial charge in [-0.1, -0.05) is 23.7 Å². The Balaban J connectivity index is 1.62. The van der Waals surface area contributed by atoms with Crippen LogP contribution in [0.3, 0.4) is 0 Å². The molecule has 0 unspecified atom stereocenters. The number of halogens is 1. The molecule has 0 saturated carbocycles. The third-order valence-corrected chi connectivity index (χ3v) is 5.26. The molecule has 2 aromatic rings. The molecule has 0 bridgehead atoms. The molecular weight excluding hydrogens is 420 g/mol. The molecule has 0 aliphatic carbocycles. The Morgan fingerprint density at radius 1 is 1.16 bits per heavy atom. The van der Waals surface area contributed by atoms with E-state index in [2.05, 4.69) is 11.0 Å². The molecule has 1 aliphatic rings. The quantitative estimate of drug-likeness (QED) is 0.702. The maximum Gasteiger partial charge on any atom is 0.255 e. The summed E-state index contributed by atoms with van der Waals surface area (Å²) in [5, 5.41) is 9.07. The fourth-order valence-corrected chi connectivity index (χ4v) is 3.63. The maximum absolute atomic E-state index is 13.0. The van der Waals surface area contributed by atoms with Crippen molar-refractivity contribution < 1.29 is 19.1 Å². The lowest BCUT2D eigenvalue weighted by molar-refractivity contribution is -0.119. The zero-order chi connectivity index (χ0) is 22.4. The zero-order valence-electron chi connectivity index (χ0n) is 17.1. The number of carbonyl (C=O) groups excluding carboxylic acids is 2. The largest absolute Gasteiger partial charge is 0.493 e. The summed E-state index contributed by atoms with van der Waals surface area (Å²) in [6.07, 6.45) is 0. The van der Waals surface area contributed by atoms with Gasteiger partial charge in [0.2, 0.25) is 0 Å². The Kier molecular flexibility index (Phi) is 7.34. The monoisotopic (exact) mass is 442 g/mol. The van der Waals surface area contributed by atoms with Crippen molar-refractivity contribution in [3.05, 3.63) is 58.1 Å². The third-order valence-electron chi connectivity index (χ3n) is 4.98. The first-order valence-corrected chi connectivity index (χ1v) is 10.1. The van der Waals surface area contributed by atoms with Crippen LogP contribution >= 0.6 is 11.6 Å². The van der Waals surface area contributed by atoms with Crippen LogP contribution in [0.15, 0.2) is 36.4 Å². The van der Waals surface area contributed by atoms with Crippen molar-refractivity contribution in [3.63, 3.8) is 0 Å². The van der Waals surface area contributed by atoms with Crippen LogP contribution in [-0.2, 0) is 11.3 Å². The minimum absolute atomic E-state index is 0.153. The van der Waals surface area contributed by atoms with Crippen molar-refractivity contribution in [1.82, 2.24) is 9.80 Å². The van der Waals surface area contributed by atoms with Crippen molar-refractivity contribution in [1.29, 1.82) is 5.26 Å². The van der Waals surface area contributed by atoms with E-state index in [1.807, 2.05) is 24.3 Å². The van der Waals surface area contributed by atoms with Gasteiger partial charge >= 0.3 is 0 Å². The van der Waals surface area contributed by atoms with E-state index in [0.29, 0.717) is 24.2 Å². The maximum atomic E-state index is 13.0. The van der Waals surface area contributed by atoms with Gasteiger partial charge in [0.25, 0.3) is 11.8 Å². The van der Waals surface area contributed by atoms with Gasteiger partial charge < -0.3 is 20.1 Å². The van der Waals surface area contributed by atoms with Gasteiger partial charge in [0.15, 0.2) is 18.1 Å². The van der Waals surface area contributed by atoms with Crippen LogP contribution < -0.4 is 15.2 Å². The number of nitrogens with zero attached hydrogens (tertiary/aromatic N) is 3. The van der Waals surface area contributed by atoms with E-state index >= 15 is 0 Å². The summed E-state index contributed by atoms with van der Waals surface area (Å²) in [6, 6.07) is 12.7. The van der Waals surface area contributed by atoms with E-state index in [-0.39, 0.29) is 29.0 Å². The molecule has 0 aromatic heterocycles. The van der Waals surface area contributed by atoms with Crippen LogP contribution in [0.1, 0.15) is 21.5 Å². The number of rotatable bonds is 7. The highest BCUT2D eigenvalue weighted by Gasteiger charge is 2.24. The molecule has 8 nitrogen and oxygen atoms in total. The first-order chi connectivity index (χ1) is 14.9. The van der Waals surface area contributed by atoms with Crippen LogP contribution in [0.4, 0.5) is 0 Å². The topological polar surface area (TPSA) is 109 Å². The fraction of sp³-hybridized carbons (Fsp3) is 0.318. The molecule has 3 rings (SSSR count). The van der Waals surface area contributed by atoms with Crippen molar-refractivity contribution in [3.8, 4) is 17.6 Å². The Labute approximate surface area is 185 Å². The lowest BCUT2D eigenvalue weighted by atomic mass is 10.1. The number of methoxy groups -OCH3 is 1. The first-order valence-electron chi connectivity index (χ1n) is 9.70. The van der Waals surface area contributed by atoms with E-state index in [4.69, 9.17) is 32.1 Å². The molecule has 162 valence electrons. The molecule has 2 amide bonds. The van der Waals surface area contributed by atoms with Crippen molar-refractivity contribution in [2.75, 3.05) is 39.9 Å². The Morgan fingerprint density at radius 2 is 1.84 bits per heavy atom. The molecule has 0 atom stereocenters. The smallest absolute Gasteiger partial charge is 0.255 e. The predicted octanol–water partition coefficient (Wildman–Crippen LogP) is 2.04. The van der Waals surface area contributed by atoms with E-state index in [1.54, 1.807) is 11.0 Å². The number of nitriles is 1. The highest BCUT2D eigenvalue weighted by Crippen LogP contribution is 2.36. The number of hydrogen-bond donors (Lipinski definition) is 1. The van der Waals surface area contributed by atoms with Gasteiger partial charge in [-0.25, -0.2) is 0 Å². The van der Waals surface area contributed by atoms with Gasteiger partial charge in [0, 0.05) is 38.3 Å². The van der Waals surface area contributed by atoms with Gasteiger partial charge in [-0.15, -0.1) is 0 Å².